The lowest BCUT2D eigenvalue weighted by molar-refractivity contribution is 0.0229. The normalized spacial score (nSPS) is 14.4. The number of nitrogens with zero attached hydrogens (tertiary/aromatic N) is 1. The van der Waals surface area contributed by atoms with Crippen molar-refractivity contribution < 1.29 is 19.1 Å². The summed E-state index contributed by atoms with van der Waals surface area (Å²) >= 11 is 0. The van der Waals surface area contributed by atoms with Crippen molar-refractivity contribution in [2.75, 3.05) is 32.8 Å². The predicted molar refractivity (Wildman–Crippen MR) is 139 cm³/mol. The highest BCUT2D eigenvalue weighted by atomic mass is 16.6. The topological polar surface area (TPSA) is 79.9 Å². The largest absolute Gasteiger partial charge is 0.449 e. The van der Waals surface area contributed by atoms with Crippen LogP contribution >= 0.6 is 0 Å². The summed E-state index contributed by atoms with van der Waals surface area (Å²) < 4.78 is 10.5. The summed E-state index contributed by atoms with van der Waals surface area (Å²) in [7, 11) is 0. The molecule has 2 N–H and O–H groups in total. The first-order chi connectivity index (χ1) is 16.6. The van der Waals surface area contributed by atoms with E-state index in [0.717, 1.165) is 38.2 Å². The molecule has 0 saturated carbocycles. The summed E-state index contributed by atoms with van der Waals surface area (Å²) in [4.78, 5) is 25.2. The standard InChI is InChI=1S/C19H23NO2.C9H18N2O2/c1-15(2)14-22-19(21)20-18(17-11-7-4-8-12-17)13-16-9-5-3-6-10-16;1-9(2,3)13-8(12)11-6-4-10-5-7-11/h3-12,15,18H,13-14H2,1-2H3,(H,20,21);10H,4-7H2,1-3H3. The second kappa shape index (κ2) is 14.4. The number of hydrogen-bond acceptors (Lipinski definition) is 5. The van der Waals surface area contributed by atoms with Gasteiger partial charge < -0.3 is 25.0 Å². The predicted octanol–water partition coefficient (Wildman–Crippen LogP) is 5.18. The highest BCUT2D eigenvalue weighted by Gasteiger charge is 2.22. The highest BCUT2D eigenvalue weighted by Crippen LogP contribution is 2.18. The smallest absolute Gasteiger partial charge is 0.410 e. The minimum Gasteiger partial charge on any atom is -0.449 e. The van der Waals surface area contributed by atoms with Crippen LogP contribution in [-0.4, -0.2) is 55.5 Å². The molecule has 1 aliphatic heterocycles. The van der Waals surface area contributed by atoms with Gasteiger partial charge in [0.05, 0.1) is 12.6 Å². The molecule has 192 valence electrons. The van der Waals surface area contributed by atoms with Crippen molar-refractivity contribution in [3.63, 3.8) is 0 Å². The van der Waals surface area contributed by atoms with Gasteiger partial charge in [-0.1, -0.05) is 74.5 Å². The van der Waals surface area contributed by atoms with E-state index in [-0.39, 0.29) is 23.8 Å². The molecule has 1 atom stereocenters. The minimum atomic E-state index is -0.387. The highest BCUT2D eigenvalue weighted by molar-refractivity contribution is 5.68. The van der Waals surface area contributed by atoms with E-state index in [1.165, 1.54) is 5.56 Å². The van der Waals surface area contributed by atoms with Crippen LogP contribution in [0.3, 0.4) is 0 Å². The molecule has 35 heavy (non-hydrogen) atoms. The van der Waals surface area contributed by atoms with E-state index in [4.69, 9.17) is 9.47 Å². The van der Waals surface area contributed by atoms with Gasteiger partial charge in [0.25, 0.3) is 0 Å². The summed E-state index contributed by atoms with van der Waals surface area (Å²) in [5.74, 6) is 0.329. The quantitative estimate of drug-likeness (QED) is 0.592. The maximum absolute atomic E-state index is 12.0. The second-order valence-electron chi connectivity index (χ2n) is 10.0. The van der Waals surface area contributed by atoms with E-state index >= 15 is 0 Å². The summed E-state index contributed by atoms with van der Waals surface area (Å²) in [6.07, 6.45) is 0.175. The summed E-state index contributed by atoms with van der Waals surface area (Å²) in [5.41, 5.74) is 1.87. The van der Waals surface area contributed by atoms with Gasteiger partial charge in [-0.2, -0.15) is 0 Å². The number of carbonyl (C=O) groups excluding carboxylic acids is 2. The van der Waals surface area contributed by atoms with Gasteiger partial charge in [-0.05, 0) is 44.2 Å². The van der Waals surface area contributed by atoms with Gasteiger partial charge in [-0.15, -0.1) is 0 Å². The van der Waals surface area contributed by atoms with Crippen molar-refractivity contribution >= 4 is 12.2 Å². The Labute approximate surface area is 210 Å². The van der Waals surface area contributed by atoms with Crippen LogP contribution in [-0.2, 0) is 15.9 Å². The molecule has 1 unspecified atom stereocenters. The fourth-order valence-electron chi connectivity index (χ4n) is 3.39. The average molecular weight is 484 g/mol. The monoisotopic (exact) mass is 483 g/mol. The van der Waals surface area contributed by atoms with E-state index < -0.39 is 0 Å². The van der Waals surface area contributed by atoms with Crippen LogP contribution in [0.2, 0.25) is 0 Å². The van der Waals surface area contributed by atoms with Gasteiger partial charge in [0.15, 0.2) is 0 Å². The van der Waals surface area contributed by atoms with Crippen molar-refractivity contribution in [1.29, 1.82) is 0 Å². The minimum absolute atomic E-state index is 0.0942. The molecule has 1 saturated heterocycles. The lowest BCUT2D eigenvalue weighted by Crippen LogP contribution is -2.48. The van der Waals surface area contributed by atoms with Gasteiger partial charge >= 0.3 is 12.2 Å². The molecule has 1 heterocycles. The Hall–Kier alpha value is -3.06. The Morgan fingerprint density at radius 3 is 2.09 bits per heavy atom. The molecule has 0 aliphatic carbocycles. The average Bonchev–Trinajstić information content (AvgIpc) is 2.83. The molecular weight excluding hydrogens is 442 g/mol. The lowest BCUT2D eigenvalue weighted by atomic mass is 9.99. The van der Waals surface area contributed by atoms with E-state index in [1.54, 1.807) is 4.90 Å². The third kappa shape index (κ3) is 11.8. The zero-order valence-corrected chi connectivity index (χ0v) is 21.8. The van der Waals surface area contributed by atoms with Crippen LogP contribution in [0.1, 0.15) is 51.8 Å². The molecule has 7 nitrogen and oxygen atoms in total. The maximum Gasteiger partial charge on any atom is 0.410 e. The van der Waals surface area contributed by atoms with E-state index in [0.29, 0.717) is 12.5 Å². The molecule has 2 aromatic rings. The molecule has 0 spiro atoms. The molecule has 7 heteroatoms. The van der Waals surface area contributed by atoms with Gasteiger partial charge in [0.2, 0.25) is 0 Å². The van der Waals surface area contributed by atoms with Crippen molar-refractivity contribution in [2.45, 2.75) is 52.7 Å². The third-order valence-electron chi connectivity index (χ3n) is 5.09. The van der Waals surface area contributed by atoms with Gasteiger partial charge in [0.1, 0.15) is 5.60 Å². The van der Waals surface area contributed by atoms with Crippen molar-refractivity contribution in [2.24, 2.45) is 5.92 Å². The number of piperazine rings is 1. The Balaban J connectivity index is 0.000000283. The number of ether oxygens (including phenoxy) is 2. The van der Waals surface area contributed by atoms with Crippen LogP contribution in [0.25, 0.3) is 0 Å². The van der Waals surface area contributed by atoms with Gasteiger partial charge in [-0.3, -0.25) is 0 Å². The number of carbonyl (C=O) groups is 2. The number of hydrogen-bond donors (Lipinski definition) is 2. The van der Waals surface area contributed by atoms with Crippen LogP contribution in [0, 0.1) is 5.92 Å². The Morgan fingerprint density at radius 1 is 0.971 bits per heavy atom. The first-order valence-corrected chi connectivity index (χ1v) is 12.3. The molecule has 1 aliphatic rings. The molecular formula is C28H41N3O4. The van der Waals surface area contributed by atoms with Crippen molar-refractivity contribution in [1.82, 2.24) is 15.5 Å². The van der Waals surface area contributed by atoms with Crippen LogP contribution in [0.4, 0.5) is 9.59 Å². The molecule has 0 aromatic heterocycles. The van der Waals surface area contributed by atoms with Gasteiger partial charge in [-0.25, -0.2) is 9.59 Å². The Bertz CT molecular complexity index is 876. The third-order valence-corrected chi connectivity index (χ3v) is 5.09. The number of benzene rings is 2. The van der Waals surface area contributed by atoms with Crippen LogP contribution < -0.4 is 10.6 Å². The number of amides is 2. The molecule has 1 fully saturated rings. The summed E-state index contributed by atoms with van der Waals surface area (Å²) in [6.45, 7) is 13.3. The molecule has 0 bridgehead atoms. The zero-order chi connectivity index (χ0) is 25.7. The summed E-state index contributed by atoms with van der Waals surface area (Å²) in [6, 6.07) is 20.0. The number of nitrogens with one attached hydrogen (secondary N) is 2. The van der Waals surface area contributed by atoms with Gasteiger partial charge in [0, 0.05) is 26.2 Å². The summed E-state index contributed by atoms with van der Waals surface area (Å²) in [5, 5.41) is 6.16. The SMILES string of the molecule is CC(C)(C)OC(=O)N1CCNCC1.CC(C)COC(=O)NC(Cc1ccccc1)c1ccccc1. The van der Waals surface area contributed by atoms with Crippen LogP contribution in [0.5, 0.6) is 0 Å². The first kappa shape index (κ1) is 28.2. The van der Waals surface area contributed by atoms with Crippen molar-refractivity contribution in [3.05, 3.63) is 71.8 Å². The zero-order valence-electron chi connectivity index (χ0n) is 21.8. The van der Waals surface area contributed by atoms with E-state index in [1.807, 2.05) is 83.1 Å². The number of rotatable bonds is 6. The first-order valence-electron chi connectivity index (χ1n) is 12.3. The second-order valence-corrected chi connectivity index (χ2v) is 10.0. The Kier molecular flexibility index (Phi) is 11.6. The molecule has 2 amide bonds. The molecule has 3 rings (SSSR count). The van der Waals surface area contributed by atoms with Crippen molar-refractivity contribution in [3.8, 4) is 0 Å². The fourth-order valence-corrected chi connectivity index (χ4v) is 3.39. The molecule has 0 radical (unpaired) electrons. The van der Waals surface area contributed by atoms with E-state index in [2.05, 4.69) is 22.8 Å². The number of alkyl carbamates (subject to hydrolysis) is 1. The Morgan fingerprint density at radius 2 is 1.54 bits per heavy atom. The maximum atomic E-state index is 12.0. The molecule has 2 aromatic carbocycles. The fraction of sp³-hybridized carbons (Fsp3) is 0.500. The van der Waals surface area contributed by atoms with Crippen LogP contribution in [0.15, 0.2) is 60.7 Å². The van der Waals surface area contributed by atoms with E-state index in [9.17, 15) is 9.59 Å². The lowest BCUT2D eigenvalue weighted by Gasteiger charge is -2.30.